The standard InChI is InChI=1S/C16H21N3O2/c1-11-18-19-16(21-11)12-7-3-4-8-13(12)17-14-9-5-6-10-15(14)20-2/h3-4,7-8,14-15,17H,5-6,9-10H2,1-2H3. The van der Waals surface area contributed by atoms with E-state index in [1.165, 1.54) is 12.8 Å². The Kier molecular flexibility index (Phi) is 4.20. The van der Waals surface area contributed by atoms with E-state index in [1.54, 1.807) is 14.0 Å². The third kappa shape index (κ3) is 3.08. The highest BCUT2D eigenvalue weighted by molar-refractivity contribution is 5.72. The fourth-order valence-electron chi connectivity index (χ4n) is 2.94. The highest BCUT2D eigenvalue weighted by Crippen LogP contribution is 2.30. The fourth-order valence-corrected chi connectivity index (χ4v) is 2.94. The van der Waals surface area contributed by atoms with Gasteiger partial charge < -0.3 is 14.5 Å². The first-order chi connectivity index (χ1) is 10.3. The summed E-state index contributed by atoms with van der Waals surface area (Å²) in [5.41, 5.74) is 1.97. The molecule has 1 aliphatic rings. The smallest absolute Gasteiger partial charge is 0.249 e. The van der Waals surface area contributed by atoms with Gasteiger partial charge in [0.05, 0.1) is 17.7 Å². The number of nitrogens with zero attached hydrogens (tertiary/aromatic N) is 2. The molecule has 1 saturated carbocycles. The maximum Gasteiger partial charge on any atom is 0.249 e. The second-order valence-corrected chi connectivity index (χ2v) is 5.48. The molecule has 1 aromatic carbocycles. The molecule has 0 aliphatic heterocycles. The predicted octanol–water partition coefficient (Wildman–Crippen LogP) is 3.41. The predicted molar refractivity (Wildman–Crippen MR) is 81.1 cm³/mol. The lowest BCUT2D eigenvalue weighted by Crippen LogP contribution is -2.37. The summed E-state index contributed by atoms with van der Waals surface area (Å²) in [5.74, 6) is 1.13. The lowest BCUT2D eigenvalue weighted by molar-refractivity contribution is 0.0606. The number of aryl methyl sites for hydroxylation is 1. The molecule has 21 heavy (non-hydrogen) atoms. The molecular formula is C16H21N3O2. The normalized spacial score (nSPS) is 22.2. The van der Waals surface area contributed by atoms with Crippen molar-refractivity contribution >= 4 is 5.69 Å². The minimum atomic E-state index is 0.260. The Labute approximate surface area is 124 Å². The van der Waals surface area contributed by atoms with Gasteiger partial charge in [-0.15, -0.1) is 10.2 Å². The maximum absolute atomic E-state index is 5.61. The third-order valence-corrected chi connectivity index (χ3v) is 4.03. The van der Waals surface area contributed by atoms with E-state index in [2.05, 4.69) is 21.6 Å². The molecule has 0 saturated heterocycles. The van der Waals surface area contributed by atoms with Gasteiger partial charge in [-0.25, -0.2) is 0 Å². The summed E-state index contributed by atoms with van der Waals surface area (Å²) in [6.07, 6.45) is 4.96. The molecule has 1 fully saturated rings. The second kappa shape index (κ2) is 6.26. The number of anilines is 1. The molecule has 5 heteroatoms. The van der Waals surface area contributed by atoms with Crippen molar-refractivity contribution in [2.75, 3.05) is 12.4 Å². The van der Waals surface area contributed by atoms with Gasteiger partial charge in [0.1, 0.15) is 0 Å². The van der Waals surface area contributed by atoms with Crippen LogP contribution >= 0.6 is 0 Å². The van der Waals surface area contributed by atoms with Crippen LogP contribution in [0.3, 0.4) is 0 Å². The van der Waals surface area contributed by atoms with Crippen LogP contribution < -0.4 is 5.32 Å². The summed E-state index contributed by atoms with van der Waals surface area (Å²) < 4.78 is 11.2. The van der Waals surface area contributed by atoms with E-state index < -0.39 is 0 Å². The molecule has 0 amide bonds. The molecule has 0 spiro atoms. The van der Waals surface area contributed by atoms with Gasteiger partial charge >= 0.3 is 0 Å². The Morgan fingerprint density at radius 1 is 1.19 bits per heavy atom. The lowest BCUT2D eigenvalue weighted by atomic mass is 9.92. The largest absolute Gasteiger partial charge is 0.421 e. The van der Waals surface area contributed by atoms with Crippen molar-refractivity contribution < 1.29 is 9.15 Å². The zero-order valence-electron chi connectivity index (χ0n) is 12.5. The minimum absolute atomic E-state index is 0.260. The van der Waals surface area contributed by atoms with Crippen molar-refractivity contribution in [1.29, 1.82) is 0 Å². The van der Waals surface area contributed by atoms with Gasteiger partial charge in [-0.3, -0.25) is 0 Å². The number of benzene rings is 1. The molecule has 112 valence electrons. The van der Waals surface area contributed by atoms with E-state index in [9.17, 15) is 0 Å². The van der Waals surface area contributed by atoms with E-state index in [1.807, 2.05) is 18.2 Å². The summed E-state index contributed by atoms with van der Waals surface area (Å²) in [6.45, 7) is 1.80. The first-order valence-electron chi connectivity index (χ1n) is 7.47. The van der Waals surface area contributed by atoms with E-state index in [-0.39, 0.29) is 6.10 Å². The van der Waals surface area contributed by atoms with Gasteiger partial charge in [0.2, 0.25) is 11.8 Å². The van der Waals surface area contributed by atoms with Crippen LogP contribution in [0, 0.1) is 6.92 Å². The number of para-hydroxylation sites is 1. The van der Waals surface area contributed by atoms with Crippen molar-refractivity contribution in [3.8, 4) is 11.5 Å². The summed E-state index contributed by atoms with van der Waals surface area (Å²) >= 11 is 0. The monoisotopic (exact) mass is 287 g/mol. The molecule has 3 rings (SSSR count). The molecule has 0 bridgehead atoms. The minimum Gasteiger partial charge on any atom is -0.421 e. The number of nitrogens with one attached hydrogen (secondary N) is 1. The SMILES string of the molecule is COC1CCCCC1Nc1ccccc1-c1nnc(C)o1. The first-order valence-corrected chi connectivity index (χ1v) is 7.47. The quantitative estimate of drug-likeness (QED) is 0.933. The van der Waals surface area contributed by atoms with Gasteiger partial charge in [0.15, 0.2) is 0 Å². The van der Waals surface area contributed by atoms with Crippen LogP contribution in [0.25, 0.3) is 11.5 Å². The van der Waals surface area contributed by atoms with Crippen LogP contribution in [0.2, 0.25) is 0 Å². The first kappa shape index (κ1) is 14.1. The molecule has 2 aromatic rings. The molecule has 2 unspecified atom stereocenters. The average Bonchev–Trinajstić information content (AvgIpc) is 2.95. The van der Waals surface area contributed by atoms with Gasteiger partial charge in [0.25, 0.3) is 0 Å². The fraction of sp³-hybridized carbons (Fsp3) is 0.500. The van der Waals surface area contributed by atoms with Crippen molar-refractivity contribution in [3.05, 3.63) is 30.2 Å². The van der Waals surface area contributed by atoms with E-state index in [0.717, 1.165) is 24.1 Å². The Balaban J connectivity index is 1.85. The molecule has 1 aliphatic carbocycles. The Hall–Kier alpha value is -1.88. The number of hydrogen-bond donors (Lipinski definition) is 1. The topological polar surface area (TPSA) is 60.2 Å². The molecular weight excluding hydrogens is 266 g/mol. The van der Waals surface area contributed by atoms with Crippen LogP contribution in [0.15, 0.2) is 28.7 Å². The number of aromatic nitrogens is 2. The highest BCUT2D eigenvalue weighted by atomic mass is 16.5. The van der Waals surface area contributed by atoms with Crippen molar-refractivity contribution in [1.82, 2.24) is 10.2 Å². The molecule has 5 nitrogen and oxygen atoms in total. The summed E-state index contributed by atoms with van der Waals surface area (Å²) in [7, 11) is 1.79. The van der Waals surface area contributed by atoms with Crippen LogP contribution in [0.4, 0.5) is 5.69 Å². The van der Waals surface area contributed by atoms with Crippen LogP contribution in [-0.2, 0) is 4.74 Å². The maximum atomic E-state index is 5.61. The molecule has 1 aromatic heterocycles. The number of rotatable bonds is 4. The van der Waals surface area contributed by atoms with Gasteiger partial charge in [-0.05, 0) is 25.0 Å². The summed E-state index contributed by atoms with van der Waals surface area (Å²) in [4.78, 5) is 0. The Morgan fingerprint density at radius 2 is 2.00 bits per heavy atom. The summed E-state index contributed by atoms with van der Waals surface area (Å²) in [5, 5.41) is 11.6. The van der Waals surface area contributed by atoms with Gasteiger partial charge in [0, 0.05) is 19.7 Å². The van der Waals surface area contributed by atoms with E-state index in [0.29, 0.717) is 17.8 Å². The molecule has 1 N–H and O–H groups in total. The Bertz CT molecular complexity index is 597. The van der Waals surface area contributed by atoms with Crippen LogP contribution in [0.1, 0.15) is 31.6 Å². The van der Waals surface area contributed by atoms with E-state index >= 15 is 0 Å². The molecule has 1 heterocycles. The highest BCUT2D eigenvalue weighted by Gasteiger charge is 2.25. The number of methoxy groups -OCH3 is 1. The van der Waals surface area contributed by atoms with Crippen molar-refractivity contribution in [3.63, 3.8) is 0 Å². The van der Waals surface area contributed by atoms with Gasteiger partial charge in [-0.2, -0.15) is 0 Å². The lowest BCUT2D eigenvalue weighted by Gasteiger charge is -2.32. The summed E-state index contributed by atoms with van der Waals surface area (Å²) in [6, 6.07) is 8.37. The van der Waals surface area contributed by atoms with Crippen molar-refractivity contribution in [2.24, 2.45) is 0 Å². The third-order valence-electron chi connectivity index (χ3n) is 4.03. The van der Waals surface area contributed by atoms with E-state index in [4.69, 9.17) is 9.15 Å². The number of ether oxygens (including phenoxy) is 1. The Morgan fingerprint density at radius 3 is 2.76 bits per heavy atom. The molecule has 2 atom stereocenters. The molecule has 0 radical (unpaired) electrons. The second-order valence-electron chi connectivity index (χ2n) is 5.48. The van der Waals surface area contributed by atoms with Crippen molar-refractivity contribution in [2.45, 2.75) is 44.8 Å². The zero-order chi connectivity index (χ0) is 14.7. The number of hydrogen-bond acceptors (Lipinski definition) is 5. The van der Waals surface area contributed by atoms with Crippen LogP contribution in [0.5, 0.6) is 0 Å². The average molecular weight is 287 g/mol. The van der Waals surface area contributed by atoms with Gasteiger partial charge in [-0.1, -0.05) is 25.0 Å². The zero-order valence-corrected chi connectivity index (χ0v) is 12.5. The van der Waals surface area contributed by atoms with Crippen LogP contribution in [-0.4, -0.2) is 29.5 Å².